The Hall–Kier alpha value is -2.99. The largest absolute Gasteiger partial charge is 0.376 e. The third-order valence-corrected chi connectivity index (χ3v) is 5.10. The van der Waals surface area contributed by atoms with Crippen LogP contribution in [0.25, 0.3) is 5.69 Å². The van der Waals surface area contributed by atoms with Gasteiger partial charge >= 0.3 is 0 Å². The minimum Gasteiger partial charge on any atom is -0.376 e. The molecule has 1 fully saturated rings. The Balaban J connectivity index is 1.60. The summed E-state index contributed by atoms with van der Waals surface area (Å²) in [6, 6.07) is 17.9. The second-order valence-corrected chi connectivity index (χ2v) is 7.37. The molecule has 0 saturated carbocycles. The molecule has 3 aromatic rings. The smallest absolute Gasteiger partial charge is 0.274 e. The highest BCUT2D eigenvalue weighted by Crippen LogP contribution is 2.19. The van der Waals surface area contributed by atoms with Crippen LogP contribution in [0.5, 0.6) is 0 Å². The summed E-state index contributed by atoms with van der Waals surface area (Å²) >= 11 is 0. The van der Waals surface area contributed by atoms with E-state index >= 15 is 0 Å². The number of aryl methyl sites for hydroxylation is 1. The zero-order chi connectivity index (χ0) is 20.2. The van der Waals surface area contributed by atoms with Crippen molar-refractivity contribution in [3.8, 4) is 5.69 Å². The van der Waals surface area contributed by atoms with E-state index < -0.39 is 0 Å². The first-order valence-electron chi connectivity index (χ1n) is 9.87. The van der Waals surface area contributed by atoms with Crippen molar-refractivity contribution in [2.75, 3.05) is 13.2 Å². The van der Waals surface area contributed by atoms with Crippen LogP contribution in [0, 0.1) is 12.7 Å². The van der Waals surface area contributed by atoms with Crippen LogP contribution in [0.3, 0.4) is 0 Å². The Labute approximate surface area is 169 Å². The Kier molecular flexibility index (Phi) is 5.71. The van der Waals surface area contributed by atoms with Gasteiger partial charge < -0.3 is 9.64 Å². The third-order valence-electron chi connectivity index (χ3n) is 5.10. The summed E-state index contributed by atoms with van der Waals surface area (Å²) in [5.74, 6) is -0.487. The number of amides is 1. The van der Waals surface area contributed by atoms with Crippen LogP contribution in [-0.2, 0) is 11.3 Å². The van der Waals surface area contributed by atoms with Gasteiger partial charge in [0.2, 0.25) is 0 Å². The Bertz CT molecular complexity index is 981. The lowest BCUT2D eigenvalue weighted by molar-refractivity contribution is 0.0502. The van der Waals surface area contributed by atoms with Crippen LogP contribution in [-0.4, -0.2) is 39.8 Å². The molecule has 6 heteroatoms. The molecule has 1 aromatic heterocycles. The minimum absolute atomic E-state index is 0.00446. The fraction of sp³-hybridized carbons (Fsp3) is 0.304. The SMILES string of the molecule is Cc1cc(C(=O)N(Cc2cccc(F)c2)CC2CCCO2)nn1-c1ccccc1. The first kappa shape index (κ1) is 19.3. The van der Waals surface area contributed by atoms with Gasteiger partial charge in [0.15, 0.2) is 5.69 Å². The number of hydrogen-bond acceptors (Lipinski definition) is 3. The van der Waals surface area contributed by atoms with E-state index in [0.29, 0.717) is 25.4 Å². The van der Waals surface area contributed by atoms with Gasteiger partial charge in [-0.05, 0) is 55.7 Å². The zero-order valence-electron chi connectivity index (χ0n) is 16.4. The topological polar surface area (TPSA) is 47.4 Å². The van der Waals surface area contributed by atoms with Gasteiger partial charge in [0.25, 0.3) is 5.91 Å². The zero-order valence-corrected chi connectivity index (χ0v) is 16.4. The highest BCUT2D eigenvalue weighted by Gasteiger charge is 2.26. The molecule has 1 aliphatic heterocycles. The van der Waals surface area contributed by atoms with E-state index in [-0.39, 0.29) is 17.8 Å². The van der Waals surface area contributed by atoms with Gasteiger partial charge in [-0.25, -0.2) is 9.07 Å². The van der Waals surface area contributed by atoms with E-state index in [4.69, 9.17) is 4.74 Å². The number of para-hydroxylation sites is 1. The Morgan fingerprint density at radius 2 is 2.03 bits per heavy atom. The van der Waals surface area contributed by atoms with Crippen molar-refractivity contribution in [1.82, 2.24) is 14.7 Å². The van der Waals surface area contributed by atoms with Gasteiger partial charge in [0.1, 0.15) is 5.82 Å². The summed E-state index contributed by atoms with van der Waals surface area (Å²) in [6.45, 7) is 3.42. The van der Waals surface area contributed by atoms with Crippen molar-refractivity contribution in [3.05, 3.63) is 83.4 Å². The maximum atomic E-state index is 13.6. The average molecular weight is 393 g/mol. The first-order chi connectivity index (χ1) is 14.1. The fourth-order valence-corrected chi connectivity index (χ4v) is 3.68. The van der Waals surface area contributed by atoms with Gasteiger partial charge in [-0.3, -0.25) is 4.79 Å². The standard InChI is InChI=1S/C23H24FN3O2/c1-17-13-22(25-27(17)20-9-3-2-4-10-20)23(28)26(16-21-11-6-12-29-21)15-18-7-5-8-19(24)14-18/h2-5,7-10,13-14,21H,6,11-12,15-16H2,1H3. The van der Waals surface area contributed by atoms with Gasteiger partial charge in [0.05, 0.1) is 11.8 Å². The number of halogens is 1. The average Bonchev–Trinajstić information content (AvgIpc) is 3.37. The van der Waals surface area contributed by atoms with Crippen LogP contribution in [0.1, 0.15) is 34.6 Å². The maximum Gasteiger partial charge on any atom is 0.274 e. The van der Waals surface area contributed by atoms with Crippen molar-refractivity contribution in [1.29, 1.82) is 0 Å². The highest BCUT2D eigenvalue weighted by atomic mass is 19.1. The van der Waals surface area contributed by atoms with Crippen LogP contribution >= 0.6 is 0 Å². The van der Waals surface area contributed by atoms with E-state index in [0.717, 1.165) is 29.8 Å². The first-order valence-corrected chi connectivity index (χ1v) is 9.87. The highest BCUT2D eigenvalue weighted by molar-refractivity contribution is 5.92. The number of carbonyl (C=O) groups is 1. The molecule has 5 nitrogen and oxygen atoms in total. The monoisotopic (exact) mass is 393 g/mol. The molecular weight excluding hydrogens is 369 g/mol. The molecule has 1 aliphatic rings. The molecule has 2 aromatic carbocycles. The third kappa shape index (κ3) is 4.54. The lowest BCUT2D eigenvalue weighted by Crippen LogP contribution is -2.37. The maximum absolute atomic E-state index is 13.6. The second kappa shape index (κ2) is 8.57. The molecule has 1 amide bonds. The molecule has 0 N–H and O–H groups in total. The molecule has 0 bridgehead atoms. The lowest BCUT2D eigenvalue weighted by atomic mass is 10.1. The summed E-state index contributed by atoms with van der Waals surface area (Å²) in [7, 11) is 0. The number of hydrogen-bond donors (Lipinski definition) is 0. The molecule has 0 spiro atoms. The number of carbonyl (C=O) groups excluding carboxylic acids is 1. The predicted molar refractivity (Wildman–Crippen MR) is 108 cm³/mol. The summed E-state index contributed by atoms with van der Waals surface area (Å²) in [4.78, 5) is 15.0. The summed E-state index contributed by atoms with van der Waals surface area (Å²) < 4.78 is 21.1. The lowest BCUT2D eigenvalue weighted by Gasteiger charge is -2.25. The molecule has 1 saturated heterocycles. The van der Waals surface area contributed by atoms with E-state index in [2.05, 4.69) is 5.10 Å². The van der Waals surface area contributed by atoms with Gasteiger partial charge in [-0.1, -0.05) is 30.3 Å². The molecule has 150 valence electrons. The van der Waals surface area contributed by atoms with Crippen LogP contribution in [0.4, 0.5) is 4.39 Å². The molecule has 2 heterocycles. The minimum atomic E-state index is -0.309. The molecule has 0 aliphatic carbocycles. The summed E-state index contributed by atoms with van der Waals surface area (Å²) in [5.41, 5.74) is 2.90. The Morgan fingerprint density at radius 1 is 1.21 bits per heavy atom. The van der Waals surface area contributed by atoms with Crippen LogP contribution < -0.4 is 0 Å². The fourth-order valence-electron chi connectivity index (χ4n) is 3.68. The number of aromatic nitrogens is 2. The number of nitrogens with zero attached hydrogens (tertiary/aromatic N) is 3. The number of benzene rings is 2. The van der Waals surface area contributed by atoms with E-state index in [1.807, 2.05) is 43.3 Å². The Morgan fingerprint density at radius 3 is 2.76 bits per heavy atom. The van der Waals surface area contributed by atoms with Crippen molar-refractivity contribution in [3.63, 3.8) is 0 Å². The normalized spacial score (nSPS) is 16.1. The molecule has 29 heavy (non-hydrogen) atoms. The molecular formula is C23H24FN3O2. The van der Waals surface area contributed by atoms with Gasteiger partial charge in [-0.15, -0.1) is 0 Å². The van der Waals surface area contributed by atoms with E-state index in [9.17, 15) is 9.18 Å². The number of ether oxygens (including phenoxy) is 1. The molecule has 1 unspecified atom stereocenters. The van der Waals surface area contributed by atoms with Crippen molar-refractivity contribution in [2.45, 2.75) is 32.4 Å². The van der Waals surface area contributed by atoms with E-state index in [1.54, 1.807) is 21.7 Å². The molecule has 4 rings (SSSR count). The van der Waals surface area contributed by atoms with Crippen molar-refractivity contribution >= 4 is 5.91 Å². The van der Waals surface area contributed by atoms with Crippen molar-refractivity contribution < 1.29 is 13.9 Å². The van der Waals surface area contributed by atoms with Crippen LogP contribution in [0.2, 0.25) is 0 Å². The summed E-state index contributed by atoms with van der Waals surface area (Å²) in [6.07, 6.45) is 1.92. The van der Waals surface area contributed by atoms with E-state index in [1.165, 1.54) is 12.1 Å². The van der Waals surface area contributed by atoms with Gasteiger partial charge in [0, 0.05) is 25.4 Å². The van der Waals surface area contributed by atoms with Gasteiger partial charge in [-0.2, -0.15) is 5.10 Å². The quantitative estimate of drug-likeness (QED) is 0.632. The number of rotatable bonds is 6. The molecule has 1 atom stereocenters. The summed E-state index contributed by atoms with van der Waals surface area (Å²) in [5, 5.41) is 4.55. The predicted octanol–water partition coefficient (Wildman–Crippen LogP) is 4.14. The van der Waals surface area contributed by atoms with Crippen molar-refractivity contribution in [2.24, 2.45) is 0 Å². The van der Waals surface area contributed by atoms with Crippen LogP contribution in [0.15, 0.2) is 60.7 Å². The second-order valence-electron chi connectivity index (χ2n) is 7.37. The molecule has 0 radical (unpaired) electrons.